The van der Waals surface area contributed by atoms with Gasteiger partial charge in [-0.3, -0.25) is 4.79 Å². The van der Waals surface area contributed by atoms with Gasteiger partial charge < -0.3 is 9.64 Å². The number of piperidine rings is 1. The quantitative estimate of drug-likeness (QED) is 0.512. The third-order valence-corrected chi connectivity index (χ3v) is 5.49. The molecule has 1 atom stereocenters. The first-order valence-electron chi connectivity index (χ1n) is 9.96. The van der Waals surface area contributed by atoms with E-state index in [4.69, 9.17) is 4.74 Å². The van der Waals surface area contributed by atoms with E-state index in [1.807, 2.05) is 0 Å². The molecule has 0 aliphatic carbocycles. The predicted octanol–water partition coefficient (Wildman–Crippen LogP) is 4.84. The van der Waals surface area contributed by atoms with Gasteiger partial charge in [0.2, 0.25) is 0 Å². The Bertz CT molecular complexity index is 1170. The van der Waals surface area contributed by atoms with Crippen LogP contribution in [0, 0.1) is 5.92 Å². The van der Waals surface area contributed by atoms with Crippen LogP contribution in [0.4, 0.5) is 26.3 Å². The maximum absolute atomic E-state index is 13.8. The van der Waals surface area contributed by atoms with Gasteiger partial charge in [-0.2, -0.15) is 31.4 Å². The summed E-state index contributed by atoms with van der Waals surface area (Å²) in [7, 11) is 1.45. The van der Waals surface area contributed by atoms with E-state index in [1.54, 1.807) is 12.1 Å². The van der Waals surface area contributed by atoms with Crippen molar-refractivity contribution in [2.24, 2.45) is 5.92 Å². The highest BCUT2D eigenvalue weighted by atomic mass is 19.4. The number of ether oxygens (including phenoxy) is 1. The SMILES string of the molecule is COc1ccc(-c2cc(C(F)(F)F)n3nc(C(=O)N4CCCC(C(F)(F)F)C4)cc3n2)cc1. The fourth-order valence-electron chi connectivity index (χ4n) is 3.78. The number of fused-ring (bicyclic) bond motifs is 1. The molecule has 0 saturated carbocycles. The molecule has 3 heterocycles. The van der Waals surface area contributed by atoms with Gasteiger partial charge in [0.25, 0.3) is 5.91 Å². The molecule has 1 fully saturated rings. The fourth-order valence-corrected chi connectivity index (χ4v) is 3.78. The molecule has 0 radical (unpaired) electrons. The van der Waals surface area contributed by atoms with Gasteiger partial charge in [0.05, 0.1) is 18.7 Å². The summed E-state index contributed by atoms with van der Waals surface area (Å²) in [6, 6.07) is 8.05. The van der Waals surface area contributed by atoms with Crippen LogP contribution in [0.3, 0.4) is 0 Å². The summed E-state index contributed by atoms with van der Waals surface area (Å²) in [6.45, 7) is -0.497. The number of alkyl halides is 6. The van der Waals surface area contributed by atoms with Gasteiger partial charge in [-0.15, -0.1) is 0 Å². The lowest BCUT2D eigenvalue weighted by Gasteiger charge is -2.33. The summed E-state index contributed by atoms with van der Waals surface area (Å²) in [5.74, 6) is -2.04. The average Bonchev–Trinajstić information content (AvgIpc) is 3.21. The number of nitrogens with zero attached hydrogens (tertiary/aromatic N) is 4. The second kappa shape index (κ2) is 8.23. The second-order valence-electron chi connectivity index (χ2n) is 7.68. The summed E-state index contributed by atoms with van der Waals surface area (Å²) >= 11 is 0. The van der Waals surface area contributed by atoms with Gasteiger partial charge >= 0.3 is 12.4 Å². The van der Waals surface area contributed by atoms with E-state index >= 15 is 0 Å². The van der Waals surface area contributed by atoms with Crippen LogP contribution in [0.25, 0.3) is 16.9 Å². The van der Waals surface area contributed by atoms with E-state index in [1.165, 1.54) is 19.2 Å². The first-order chi connectivity index (χ1) is 15.5. The second-order valence-corrected chi connectivity index (χ2v) is 7.68. The number of rotatable bonds is 3. The molecule has 1 aromatic carbocycles. The molecule has 1 saturated heterocycles. The van der Waals surface area contributed by atoms with Gasteiger partial charge in [-0.1, -0.05) is 0 Å². The number of carbonyl (C=O) groups excluding carboxylic acids is 1. The zero-order valence-corrected chi connectivity index (χ0v) is 17.2. The van der Waals surface area contributed by atoms with E-state index in [0.717, 1.165) is 17.0 Å². The molecule has 1 aliphatic rings. The number of hydrogen-bond donors (Lipinski definition) is 0. The number of aromatic nitrogens is 3. The molecule has 12 heteroatoms. The van der Waals surface area contributed by atoms with Gasteiger partial charge in [-0.25, -0.2) is 9.50 Å². The monoisotopic (exact) mass is 472 g/mol. The van der Waals surface area contributed by atoms with Crippen molar-refractivity contribution >= 4 is 11.6 Å². The molecule has 176 valence electrons. The first kappa shape index (κ1) is 22.9. The number of halogens is 6. The zero-order valence-electron chi connectivity index (χ0n) is 17.2. The minimum atomic E-state index is -4.82. The molecular formula is C21H18F6N4O2. The van der Waals surface area contributed by atoms with Crippen LogP contribution in [0.5, 0.6) is 5.75 Å². The number of hydrogen-bond acceptors (Lipinski definition) is 4. The van der Waals surface area contributed by atoms with Crippen molar-refractivity contribution in [3.63, 3.8) is 0 Å². The first-order valence-corrected chi connectivity index (χ1v) is 9.96. The molecule has 6 nitrogen and oxygen atoms in total. The highest BCUT2D eigenvalue weighted by Gasteiger charge is 2.43. The average molecular weight is 472 g/mol. The van der Waals surface area contributed by atoms with Crippen LogP contribution in [0.15, 0.2) is 36.4 Å². The summed E-state index contributed by atoms with van der Waals surface area (Å²) in [6.07, 6.45) is -9.25. The molecule has 3 aromatic rings. The van der Waals surface area contributed by atoms with E-state index < -0.39 is 42.1 Å². The Hall–Kier alpha value is -3.31. The highest BCUT2D eigenvalue weighted by Crippen LogP contribution is 2.35. The van der Waals surface area contributed by atoms with Crippen molar-refractivity contribution in [2.45, 2.75) is 25.2 Å². The van der Waals surface area contributed by atoms with Crippen molar-refractivity contribution in [1.29, 1.82) is 0 Å². The Morgan fingerprint density at radius 1 is 1.09 bits per heavy atom. The Balaban J connectivity index is 1.73. The highest BCUT2D eigenvalue weighted by molar-refractivity contribution is 5.93. The molecule has 1 unspecified atom stereocenters. The van der Waals surface area contributed by atoms with E-state index in [0.29, 0.717) is 15.8 Å². The van der Waals surface area contributed by atoms with Gasteiger partial charge in [0, 0.05) is 24.7 Å². The van der Waals surface area contributed by atoms with E-state index in [2.05, 4.69) is 10.1 Å². The van der Waals surface area contributed by atoms with Crippen molar-refractivity contribution in [3.8, 4) is 17.0 Å². The molecule has 33 heavy (non-hydrogen) atoms. The summed E-state index contributed by atoms with van der Waals surface area (Å²) < 4.78 is 86.0. The summed E-state index contributed by atoms with van der Waals surface area (Å²) in [4.78, 5) is 17.9. The van der Waals surface area contributed by atoms with E-state index in [-0.39, 0.29) is 30.7 Å². The minimum absolute atomic E-state index is 0.00788. The van der Waals surface area contributed by atoms with Crippen LogP contribution < -0.4 is 4.74 Å². The Kier molecular flexibility index (Phi) is 5.71. The molecule has 1 amide bonds. The topological polar surface area (TPSA) is 59.7 Å². The van der Waals surface area contributed by atoms with Crippen molar-refractivity contribution < 1.29 is 35.9 Å². The lowest BCUT2D eigenvalue weighted by atomic mass is 9.97. The zero-order chi connectivity index (χ0) is 24.0. The van der Waals surface area contributed by atoms with Crippen molar-refractivity contribution in [2.75, 3.05) is 20.2 Å². The molecule has 2 aromatic heterocycles. The maximum atomic E-state index is 13.8. The third-order valence-electron chi connectivity index (χ3n) is 5.49. The molecule has 0 spiro atoms. The van der Waals surface area contributed by atoms with E-state index in [9.17, 15) is 31.1 Å². The fraction of sp³-hybridized carbons (Fsp3) is 0.381. The normalized spacial score (nSPS) is 17.4. The van der Waals surface area contributed by atoms with Crippen LogP contribution >= 0.6 is 0 Å². The molecule has 0 N–H and O–H groups in total. The van der Waals surface area contributed by atoms with Crippen LogP contribution in [-0.2, 0) is 6.18 Å². The lowest BCUT2D eigenvalue weighted by molar-refractivity contribution is -0.184. The van der Waals surface area contributed by atoms with Crippen LogP contribution in [0.2, 0.25) is 0 Å². The third kappa shape index (κ3) is 4.60. The lowest BCUT2D eigenvalue weighted by Crippen LogP contribution is -2.44. The van der Waals surface area contributed by atoms with Gasteiger partial charge in [-0.05, 0) is 43.2 Å². The van der Waals surface area contributed by atoms with Crippen molar-refractivity contribution in [1.82, 2.24) is 19.5 Å². The Morgan fingerprint density at radius 3 is 2.39 bits per heavy atom. The number of likely N-dealkylation sites (tertiary alicyclic amines) is 1. The number of carbonyl (C=O) groups is 1. The molecular weight excluding hydrogens is 454 g/mol. The molecule has 4 rings (SSSR count). The number of methoxy groups -OCH3 is 1. The number of amides is 1. The number of benzene rings is 1. The smallest absolute Gasteiger partial charge is 0.433 e. The Morgan fingerprint density at radius 2 is 1.79 bits per heavy atom. The standard InChI is InChI=1S/C21H18F6N4O2/c1-33-14-6-4-12(5-7-14)15-9-17(21(25,26)27)31-18(28-15)10-16(29-31)19(32)30-8-2-3-13(11-30)20(22,23)24/h4-7,9-10,13H,2-3,8,11H2,1H3. The largest absolute Gasteiger partial charge is 0.497 e. The van der Waals surface area contributed by atoms with Gasteiger partial charge in [0.15, 0.2) is 17.0 Å². The summed E-state index contributed by atoms with van der Waals surface area (Å²) in [5, 5.41) is 3.75. The summed E-state index contributed by atoms with van der Waals surface area (Å²) in [5.41, 5.74) is -1.44. The molecule has 1 aliphatic heterocycles. The van der Waals surface area contributed by atoms with Crippen LogP contribution in [0.1, 0.15) is 29.0 Å². The maximum Gasteiger partial charge on any atom is 0.433 e. The van der Waals surface area contributed by atoms with Crippen molar-refractivity contribution in [3.05, 3.63) is 47.8 Å². The molecule has 0 bridgehead atoms. The predicted molar refractivity (Wildman–Crippen MR) is 105 cm³/mol. The van der Waals surface area contributed by atoms with Crippen LogP contribution in [-0.4, -0.2) is 51.8 Å². The Labute approximate surface area is 183 Å². The minimum Gasteiger partial charge on any atom is -0.497 e. The van der Waals surface area contributed by atoms with Gasteiger partial charge in [0.1, 0.15) is 5.75 Å².